The quantitative estimate of drug-likeness (QED) is 0.836. The van der Waals surface area contributed by atoms with Crippen molar-refractivity contribution in [3.63, 3.8) is 0 Å². The fourth-order valence-electron chi connectivity index (χ4n) is 3.12. The van der Waals surface area contributed by atoms with Gasteiger partial charge in [-0.05, 0) is 23.8 Å². The second kappa shape index (κ2) is 4.95. The summed E-state index contributed by atoms with van der Waals surface area (Å²) < 4.78 is 0. The normalized spacial score (nSPS) is 31.8. The Morgan fingerprint density at radius 3 is 2.67 bits per heavy atom. The molecule has 2 aliphatic carbocycles. The highest BCUT2D eigenvalue weighted by Gasteiger charge is 2.36. The summed E-state index contributed by atoms with van der Waals surface area (Å²) in [6.07, 6.45) is 12.2. The van der Waals surface area contributed by atoms with Crippen molar-refractivity contribution in [1.29, 1.82) is 0 Å². The molecule has 0 aliphatic heterocycles. The average molecular weight is 238 g/mol. The fraction of sp³-hybridized carbons (Fsp3) is 0.294. The minimum absolute atomic E-state index is 0.248. The summed E-state index contributed by atoms with van der Waals surface area (Å²) in [5, 5.41) is 9.65. The molecule has 92 valence electrons. The van der Waals surface area contributed by atoms with Gasteiger partial charge in [-0.2, -0.15) is 0 Å². The third kappa shape index (κ3) is 2.06. The van der Waals surface area contributed by atoms with Crippen LogP contribution in [0.4, 0.5) is 0 Å². The van der Waals surface area contributed by atoms with Gasteiger partial charge in [-0.1, -0.05) is 66.3 Å². The maximum absolute atomic E-state index is 9.65. The maximum Gasteiger partial charge on any atom is 0.0502 e. The van der Waals surface area contributed by atoms with E-state index in [4.69, 9.17) is 0 Å². The summed E-state index contributed by atoms with van der Waals surface area (Å²) in [6, 6.07) is 10.4. The van der Waals surface area contributed by atoms with E-state index >= 15 is 0 Å². The van der Waals surface area contributed by atoms with E-state index in [1.165, 1.54) is 11.1 Å². The highest BCUT2D eigenvalue weighted by Crippen LogP contribution is 2.44. The molecule has 1 heteroatoms. The van der Waals surface area contributed by atoms with Crippen LogP contribution in [-0.4, -0.2) is 11.7 Å². The van der Waals surface area contributed by atoms with Crippen LogP contribution in [-0.2, 0) is 0 Å². The smallest absolute Gasteiger partial charge is 0.0502 e. The first-order valence-electron chi connectivity index (χ1n) is 6.61. The molecule has 1 N–H and O–H groups in total. The zero-order valence-electron chi connectivity index (χ0n) is 10.4. The minimum atomic E-state index is 0.248. The SMILES string of the molecule is OC[C@H]1/C(=C/c2ccccc2)[C@@H]2C=CC=C[C@H]1C2. The first-order chi connectivity index (χ1) is 8.88. The van der Waals surface area contributed by atoms with Crippen LogP contribution in [0.15, 0.2) is 60.2 Å². The minimum Gasteiger partial charge on any atom is -0.396 e. The number of aliphatic hydroxyl groups excluding tert-OH is 1. The fourth-order valence-corrected chi connectivity index (χ4v) is 3.12. The lowest BCUT2D eigenvalue weighted by molar-refractivity contribution is 0.231. The topological polar surface area (TPSA) is 20.2 Å². The summed E-state index contributed by atoms with van der Waals surface area (Å²) in [4.78, 5) is 0. The van der Waals surface area contributed by atoms with Gasteiger partial charge in [-0.25, -0.2) is 0 Å². The van der Waals surface area contributed by atoms with Gasteiger partial charge >= 0.3 is 0 Å². The molecule has 1 aromatic rings. The van der Waals surface area contributed by atoms with Crippen molar-refractivity contribution in [3.05, 3.63) is 65.8 Å². The lowest BCUT2D eigenvalue weighted by Gasteiger charge is -2.16. The Hall–Kier alpha value is -1.60. The molecule has 0 aromatic heterocycles. The molecule has 1 aromatic carbocycles. The van der Waals surface area contributed by atoms with Crippen LogP contribution in [0, 0.1) is 17.8 Å². The van der Waals surface area contributed by atoms with Gasteiger partial charge in [0.2, 0.25) is 0 Å². The van der Waals surface area contributed by atoms with E-state index in [1.54, 1.807) is 0 Å². The molecule has 1 saturated carbocycles. The van der Waals surface area contributed by atoms with E-state index in [0.29, 0.717) is 11.8 Å². The predicted octanol–water partition coefficient (Wildman–Crippen LogP) is 3.44. The predicted molar refractivity (Wildman–Crippen MR) is 74.9 cm³/mol. The Morgan fingerprint density at radius 2 is 1.89 bits per heavy atom. The van der Waals surface area contributed by atoms with E-state index in [0.717, 1.165) is 6.42 Å². The molecular formula is C17H18O. The summed E-state index contributed by atoms with van der Waals surface area (Å²) in [6.45, 7) is 0.248. The summed E-state index contributed by atoms with van der Waals surface area (Å²) in [5.41, 5.74) is 2.61. The molecule has 2 bridgehead atoms. The van der Waals surface area contributed by atoms with Crippen LogP contribution in [0.2, 0.25) is 0 Å². The van der Waals surface area contributed by atoms with Gasteiger partial charge in [-0.3, -0.25) is 0 Å². The van der Waals surface area contributed by atoms with Gasteiger partial charge in [0.15, 0.2) is 0 Å². The molecule has 2 aliphatic rings. The van der Waals surface area contributed by atoms with E-state index < -0.39 is 0 Å². The summed E-state index contributed by atoms with van der Waals surface area (Å²) in [5.74, 6) is 1.27. The van der Waals surface area contributed by atoms with E-state index in [9.17, 15) is 5.11 Å². The van der Waals surface area contributed by atoms with Crippen LogP contribution in [0.5, 0.6) is 0 Å². The number of aliphatic hydroxyl groups is 1. The van der Waals surface area contributed by atoms with Crippen molar-refractivity contribution in [3.8, 4) is 0 Å². The first-order valence-corrected chi connectivity index (χ1v) is 6.61. The molecule has 18 heavy (non-hydrogen) atoms. The van der Waals surface area contributed by atoms with E-state index in [1.807, 2.05) is 6.07 Å². The van der Waals surface area contributed by atoms with Crippen LogP contribution >= 0.6 is 0 Å². The highest BCUT2D eigenvalue weighted by molar-refractivity contribution is 5.56. The lowest BCUT2D eigenvalue weighted by atomic mass is 9.90. The van der Waals surface area contributed by atoms with Crippen molar-refractivity contribution in [1.82, 2.24) is 0 Å². The first kappa shape index (κ1) is 11.5. The number of allylic oxidation sites excluding steroid dienone is 4. The van der Waals surface area contributed by atoms with Gasteiger partial charge < -0.3 is 5.11 Å². The molecule has 1 nitrogen and oxygen atoms in total. The second-order valence-corrected chi connectivity index (χ2v) is 5.12. The molecule has 0 radical (unpaired) electrons. The Labute approximate surface area is 108 Å². The highest BCUT2D eigenvalue weighted by atomic mass is 16.3. The molecule has 3 atom stereocenters. The van der Waals surface area contributed by atoms with Gasteiger partial charge in [-0.15, -0.1) is 0 Å². The van der Waals surface area contributed by atoms with Gasteiger partial charge in [0.05, 0.1) is 6.61 Å². The van der Waals surface area contributed by atoms with Crippen molar-refractivity contribution in [2.45, 2.75) is 6.42 Å². The Kier molecular flexibility index (Phi) is 3.16. The number of hydrogen-bond acceptors (Lipinski definition) is 1. The van der Waals surface area contributed by atoms with Crippen molar-refractivity contribution in [2.75, 3.05) is 6.61 Å². The van der Waals surface area contributed by atoms with Crippen LogP contribution in [0.1, 0.15) is 12.0 Å². The standard InChI is InChI=1S/C17H18O/c18-12-17-15-9-5-4-8-14(11-15)16(17)10-13-6-2-1-3-7-13/h1-10,14-15,17-18H,11-12H2/b16-10+/t14-,15+,17-/m1/s1. The van der Waals surface area contributed by atoms with Crippen molar-refractivity contribution >= 4 is 6.08 Å². The average Bonchev–Trinajstić information content (AvgIpc) is 2.58. The van der Waals surface area contributed by atoms with E-state index in [-0.39, 0.29) is 12.5 Å². The Bertz CT molecular complexity index is 496. The largest absolute Gasteiger partial charge is 0.396 e. The Balaban J connectivity index is 1.97. The molecule has 1 fully saturated rings. The molecule has 0 unspecified atom stereocenters. The van der Waals surface area contributed by atoms with Crippen LogP contribution in [0.25, 0.3) is 6.08 Å². The molecule has 0 amide bonds. The zero-order valence-corrected chi connectivity index (χ0v) is 10.4. The molecule has 0 heterocycles. The lowest BCUT2D eigenvalue weighted by Crippen LogP contribution is -2.12. The summed E-state index contributed by atoms with van der Waals surface area (Å²) in [7, 11) is 0. The van der Waals surface area contributed by atoms with Crippen LogP contribution < -0.4 is 0 Å². The number of fused-ring (bicyclic) bond motifs is 2. The third-order valence-electron chi connectivity index (χ3n) is 4.04. The zero-order chi connectivity index (χ0) is 12.4. The maximum atomic E-state index is 9.65. The monoisotopic (exact) mass is 238 g/mol. The van der Waals surface area contributed by atoms with Gasteiger partial charge in [0, 0.05) is 5.92 Å². The molecule has 0 saturated heterocycles. The van der Waals surface area contributed by atoms with Crippen molar-refractivity contribution < 1.29 is 5.11 Å². The number of hydrogen-bond donors (Lipinski definition) is 1. The Morgan fingerprint density at radius 1 is 1.11 bits per heavy atom. The van der Waals surface area contributed by atoms with Gasteiger partial charge in [0.1, 0.15) is 0 Å². The second-order valence-electron chi connectivity index (χ2n) is 5.12. The third-order valence-corrected chi connectivity index (χ3v) is 4.04. The van der Waals surface area contributed by atoms with Crippen LogP contribution in [0.3, 0.4) is 0 Å². The van der Waals surface area contributed by atoms with E-state index in [2.05, 4.69) is 54.6 Å². The number of rotatable bonds is 2. The molecular weight excluding hydrogens is 220 g/mol. The van der Waals surface area contributed by atoms with Gasteiger partial charge in [0.25, 0.3) is 0 Å². The summed E-state index contributed by atoms with van der Waals surface area (Å²) >= 11 is 0. The molecule has 3 rings (SSSR count). The number of benzene rings is 1. The molecule has 0 spiro atoms. The van der Waals surface area contributed by atoms with Crippen molar-refractivity contribution in [2.24, 2.45) is 17.8 Å².